The summed E-state index contributed by atoms with van der Waals surface area (Å²) in [7, 11) is -7.14. The lowest BCUT2D eigenvalue weighted by atomic mass is 10.2. The number of unbranched alkanes of at least 4 members (excludes halogenated alkanes) is 3. The molecule has 1 N–H and O–H groups in total. The van der Waals surface area contributed by atoms with Gasteiger partial charge in [-0.1, -0.05) is 53.4 Å². The summed E-state index contributed by atoms with van der Waals surface area (Å²) in [6, 6.07) is 0.921. The van der Waals surface area contributed by atoms with E-state index >= 15 is 0 Å². The van der Waals surface area contributed by atoms with Gasteiger partial charge < -0.3 is 26.3 Å². The lowest BCUT2D eigenvalue weighted by Crippen LogP contribution is -2.59. The Labute approximate surface area is 226 Å². The van der Waals surface area contributed by atoms with Crippen LogP contribution in [0.4, 0.5) is 0 Å². The van der Waals surface area contributed by atoms with Crippen molar-refractivity contribution < 1.29 is 26.3 Å². The number of ether oxygens (including phenoxy) is 1. The summed E-state index contributed by atoms with van der Waals surface area (Å²) in [6.45, 7) is 33.6. The standard InChI is InChI=1S/C13H38O4Si5.C6H14.C4H10O.CH4O/c1-13-22(12,16-20(8,9)14-18(2,3)4)17-21(10,11)15-19(5,6)7;1-3-5-6-4-2;1-3-4-5-2;1-2/h13H2,1-12H3;3-6H2,1-2H3;3-4H2,1-2H3;2H,1H3. The van der Waals surface area contributed by atoms with Crippen LogP contribution in [0.1, 0.15) is 59.8 Å². The predicted octanol–water partition coefficient (Wildman–Crippen LogP) is 8.46. The van der Waals surface area contributed by atoms with Crippen LogP contribution in [-0.2, 0) is 21.2 Å². The summed E-state index contributed by atoms with van der Waals surface area (Å²) in [5.74, 6) is 0. The molecule has 0 aliphatic rings. The second kappa shape index (κ2) is 21.7. The van der Waals surface area contributed by atoms with Gasteiger partial charge in [0, 0.05) is 20.8 Å². The van der Waals surface area contributed by atoms with Gasteiger partial charge in [0.15, 0.2) is 16.6 Å². The molecule has 35 heavy (non-hydrogen) atoms. The van der Waals surface area contributed by atoms with Gasteiger partial charge in [0.25, 0.3) is 0 Å². The molecule has 0 rings (SSSR count). The maximum Gasteiger partial charge on any atom is 0.317 e. The monoisotopic (exact) mass is 590 g/mol. The zero-order chi connectivity index (χ0) is 29.0. The van der Waals surface area contributed by atoms with Gasteiger partial charge in [0.2, 0.25) is 0 Å². The van der Waals surface area contributed by atoms with E-state index in [1.165, 1.54) is 25.7 Å². The lowest BCUT2D eigenvalue weighted by Gasteiger charge is -2.42. The molecule has 0 unspecified atom stereocenters. The first-order valence-corrected chi connectivity index (χ1v) is 28.4. The minimum atomic E-state index is -2.28. The van der Waals surface area contributed by atoms with Crippen LogP contribution in [0, 0.1) is 0 Å². The van der Waals surface area contributed by atoms with Crippen LogP contribution in [0.2, 0.25) is 78.1 Å². The zero-order valence-corrected chi connectivity index (χ0v) is 31.9. The molecule has 0 aliphatic carbocycles. The van der Waals surface area contributed by atoms with Crippen molar-refractivity contribution in [1.29, 1.82) is 0 Å². The van der Waals surface area contributed by atoms with Crippen LogP contribution >= 0.6 is 0 Å². The smallest absolute Gasteiger partial charge is 0.317 e. The molecule has 0 aromatic rings. The van der Waals surface area contributed by atoms with Gasteiger partial charge in [-0.3, -0.25) is 0 Å². The molecule has 0 radical (unpaired) electrons. The molecular formula is C24H66O6Si5. The third-order valence-electron chi connectivity index (χ3n) is 4.03. The molecular weight excluding hydrogens is 525 g/mol. The van der Waals surface area contributed by atoms with Crippen molar-refractivity contribution in [2.24, 2.45) is 0 Å². The Bertz CT molecular complexity index is 430. The van der Waals surface area contributed by atoms with Crippen molar-refractivity contribution in [3.8, 4) is 0 Å². The first-order valence-electron chi connectivity index (χ1n) is 13.5. The van der Waals surface area contributed by atoms with Crippen LogP contribution in [-0.4, -0.2) is 68.3 Å². The van der Waals surface area contributed by atoms with Gasteiger partial charge in [-0.25, -0.2) is 0 Å². The number of hydrogen-bond acceptors (Lipinski definition) is 6. The van der Waals surface area contributed by atoms with Crippen LogP contribution in [0.15, 0.2) is 0 Å². The van der Waals surface area contributed by atoms with E-state index in [9.17, 15) is 0 Å². The Morgan fingerprint density at radius 3 is 0.971 bits per heavy atom. The first kappa shape index (κ1) is 42.9. The van der Waals surface area contributed by atoms with E-state index in [-0.39, 0.29) is 0 Å². The maximum absolute atomic E-state index is 7.00. The molecule has 0 spiro atoms. The van der Waals surface area contributed by atoms with Crippen molar-refractivity contribution in [3.63, 3.8) is 0 Å². The summed E-state index contributed by atoms with van der Waals surface area (Å²) in [5.41, 5.74) is 0. The van der Waals surface area contributed by atoms with Crippen LogP contribution in [0.5, 0.6) is 0 Å². The highest BCUT2D eigenvalue weighted by Gasteiger charge is 2.46. The zero-order valence-electron chi connectivity index (χ0n) is 26.9. The Kier molecular flexibility index (Phi) is 26.7. The third-order valence-corrected chi connectivity index (χ3v) is 21.5. The van der Waals surface area contributed by atoms with E-state index in [0.29, 0.717) is 0 Å². The maximum atomic E-state index is 7.00. The summed E-state index contributed by atoms with van der Waals surface area (Å²) in [6.07, 6.45) is 6.66. The summed E-state index contributed by atoms with van der Waals surface area (Å²) in [5, 5.41) is 7.00. The number of hydrogen-bond donors (Lipinski definition) is 1. The van der Waals surface area contributed by atoms with Crippen LogP contribution < -0.4 is 0 Å². The highest BCUT2D eigenvalue weighted by atomic mass is 28.5. The van der Waals surface area contributed by atoms with E-state index in [1.54, 1.807) is 7.11 Å². The molecule has 0 atom stereocenters. The molecule has 0 fully saturated rings. The Morgan fingerprint density at radius 2 is 0.829 bits per heavy atom. The molecule has 0 aromatic heterocycles. The number of aliphatic hydroxyl groups is 1. The largest absolute Gasteiger partial charge is 0.437 e. The number of methoxy groups -OCH3 is 1. The Hall–Kier alpha value is 0.844. The van der Waals surface area contributed by atoms with Crippen LogP contribution in [0.3, 0.4) is 0 Å². The molecule has 6 nitrogen and oxygen atoms in total. The van der Waals surface area contributed by atoms with Gasteiger partial charge in [0.1, 0.15) is 0 Å². The van der Waals surface area contributed by atoms with E-state index in [1.807, 2.05) is 0 Å². The summed E-state index contributed by atoms with van der Waals surface area (Å²) >= 11 is 0. The van der Waals surface area contributed by atoms with Gasteiger partial charge in [0.05, 0.1) is 0 Å². The second-order valence-electron chi connectivity index (χ2n) is 11.6. The van der Waals surface area contributed by atoms with Crippen molar-refractivity contribution in [2.75, 3.05) is 20.8 Å². The molecule has 218 valence electrons. The SMILES string of the molecule is CCCCCC.CCCOC.CC[Si](C)(O[Si](C)(C)O[Si](C)(C)C)O[Si](C)(C)O[Si](C)(C)C.CO. The normalized spacial score (nSPS) is 12.5. The van der Waals surface area contributed by atoms with Crippen LogP contribution in [0.25, 0.3) is 0 Å². The molecule has 0 bridgehead atoms. The molecule has 0 aliphatic heterocycles. The molecule has 0 saturated carbocycles. The van der Waals surface area contributed by atoms with Crippen molar-refractivity contribution in [1.82, 2.24) is 0 Å². The van der Waals surface area contributed by atoms with Crippen molar-refractivity contribution in [3.05, 3.63) is 0 Å². The molecule has 11 heteroatoms. The molecule has 0 aromatic carbocycles. The van der Waals surface area contributed by atoms with E-state index in [2.05, 4.69) is 99.7 Å². The second-order valence-corrected chi connectivity index (χ2v) is 31.9. The molecule has 0 saturated heterocycles. The lowest BCUT2D eigenvalue weighted by molar-refractivity contribution is 0.199. The Morgan fingerprint density at radius 1 is 0.514 bits per heavy atom. The minimum Gasteiger partial charge on any atom is -0.437 e. The predicted molar refractivity (Wildman–Crippen MR) is 168 cm³/mol. The Balaban J connectivity index is -0.000000302. The van der Waals surface area contributed by atoms with Crippen molar-refractivity contribution >= 4 is 42.3 Å². The van der Waals surface area contributed by atoms with Gasteiger partial charge in [-0.05, 0) is 84.5 Å². The molecule has 0 amide bonds. The fraction of sp³-hybridized carbons (Fsp3) is 1.00. The summed E-state index contributed by atoms with van der Waals surface area (Å²) < 4.78 is 30.4. The summed E-state index contributed by atoms with van der Waals surface area (Å²) in [4.78, 5) is 0. The van der Waals surface area contributed by atoms with Gasteiger partial charge in [-0.2, -0.15) is 0 Å². The molecule has 0 heterocycles. The van der Waals surface area contributed by atoms with E-state index in [4.69, 9.17) is 26.3 Å². The highest BCUT2D eigenvalue weighted by Crippen LogP contribution is 2.28. The van der Waals surface area contributed by atoms with Gasteiger partial charge in [-0.15, -0.1) is 0 Å². The van der Waals surface area contributed by atoms with Gasteiger partial charge >= 0.3 is 25.7 Å². The minimum absolute atomic E-state index is 0.889. The van der Waals surface area contributed by atoms with E-state index < -0.39 is 42.3 Å². The highest BCUT2D eigenvalue weighted by molar-refractivity contribution is 6.90. The number of aliphatic hydroxyl groups excluding tert-OH is 1. The fourth-order valence-electron chi connectivity index (χ4n) is 3.43. The van der Waals surface area contributed by atoms with E-state index in [0.717, 1.165) is 26.2 Å². The average molecular weight is 591 g/mol. The topological polar surface area (TPSA) is 66.4 Å². The first-order chi connectivity index (χ1) is 15.7. The quantitative estimate of drug-likeness (QED) is 0.162. The number of rotatable bonds is 14. The fourth-order valence-corrected chi connectivity index (χ4v) is 26.3. The van der Waals surface area contributed by atoms with Crippen molar-refractivity contribution in [2.45, 2.75) is 138 Å². The average Bonchev–Trinajstić information content (AvgIpc) is 2.64. The third kappa shape index (κ3) is 34.8.